The minimum absolute atomic E-state index is 0.0191. The smallest absolute Gasteiger partial charge is 0.269 e. The molecule has 29 heavy (non-hydrogen) atoms. The molecule has 0 aromatic heterocycles. The van der Waals surface area contributed by atoms with Gasteiger partial charge < -0.3 is 9.64 Å². The monoisotopic (exact) mass is 398 g/mol. The Morgan fingerprint density at radius 3 is 2.34 bits per heavy atom. The number of ether oxygens (including phenoxy) is 1. The van der Waals surface area contributed by atoms with Crippen LogP contribution in [-0.2, 0) is 9.59 Å². The summed E-state index contributed by atoms with van der Waals surface area (Å²) in [6.45, 7) is 0.185. The molecule has 10 nitrogen and oxygen atoms in total. The first-order chi connectivity index (χ1) is 13.9. The Balaban J connectivity index is 1.56. The zero-order valence-electron chi connectivity index (χ0n) is 15.5. The van der Waals surface area contributed by atoms with Crippen LogP contribution in [0.2, 0.25) is 0 Å². The van der Waals surface area contributed by atoms with E-state index in [4.69, 9.17) is 4.74 Å². The number of nitrogens with one attached hydrogen (secondary N) is 2. The van der Waals surface area contributed by atoms with Gasteiger partial charge in [0.15, 0.2) is 0 Å². The summed E-state index contributed by atoms with van der Waals surface area (Å²) in [5.74, 6) is -1.28. The summed E-state index contributed by atoms with van der Waals surface area (Å²) in [5.41, 5.74) is 5.21. The van der Waals surface area contributed by atoms with Gasteiger partial charge in [-0.3, -0.25) is 35.3 Å². The fraction of sp³-hybridized carbons (Fsp3) is 0.211. The molecule has 0 radical (unpaired) electrons. The molecule has 0 spiro atoms. The van der Waals surface area contributed by atoms with Crippen LogP contribution in [0.3, 0.4) is 0 Å². The van der Waals surface area contributed by atoms with Crippen molar-refractivity contribution < 1.29 is 24.0 Å². The predicted octanol–water partition coefficient (Wildman–Crippen LogP) is 1.42. The van der Waals surface area contributed by atoms with Gasteiger partial charge in [0, 0.05) is 36.3 Å². The Bertz CT molecular complexity index is 942. The molecule has 10 heteroatoms. The number of nitrogens with zero attached hydrogens (tertiary/aromatic N) is 2. The maximum absolute atomic E-state index is 12.3. The largest absolute Gasteiger partial charge is 0.497 e. The van der Waals surface area contributed by atoms with Gasteiger partial charge in [0.1, 0.15) is 5.75 Å². The Hall–Kier alpha value is -3.95. The zero-order chi connectivity index (χ0) is 21.0. The lowest BCUT2D eigenvalue weighted by Crippen LogP contribution is -2.45. The van der Waals surface area contributed by atoms with Crippen molar-refractivity contribution in [3.05, 3.63) is 64.2 Å². The first-order valence-corrected chi connectivity index (χ1v) is 8.68. The molecule has 2 N–H and O–H groups in total. The van der Waals surface area contributed by atoms with Crippen LogP contribution in [0.1, 0.15) is 16.8 Å². The number of non-ortho nitro benzene ring substituents is 1. The number of carbonyl (C=O) groups is 3. The Morgan fingerprint density at radius 1 is 1.10 bits per heavy atom. The van der Waals surface area contributed by atoms with Crippen molar-refractivity contribution in [2.45, 2.75) is 6.42 Å². The van der Waals surface area contributed by atoms with E-state index in [1.54, 1.807) is 31.4 Å². The van der Waals surface area contributed by atoms with Crippen molar-refractivity contribution in [1.82, 2.24) is 10.9 Å². The van der Waals surface area contributed by atoms with Crippen molar-refractivity contribution in [3.8, 4) is 5.75 Å². The Kier molecular flexibility index (Phi) is 5.72. The highest BCUT2D eigenvalue weighted by molar-refractivity contribution is 6.01. The molecule has 0 unspecified atom stereocenters. The van der Waals surface area contributed by atoms with Crippen LogP contribution in [0, 0.1) is 16.0 Å². The average molecular weight is 398 g/mol. The lowest BCUT2D eigenvalue weighted by Gasteiger charge is -2.17. The van der Waals surface area contributed by atoms with Crippen molar-refractivity contribution in [3.63, 3.8) is 0 Å². The van der Waals surface area contributed by atoms with Gasteiger partial charge in [-0.15, -0.1) is 0 Å². The van der Waals surface area contributed by atoms with E-state index in [1.807, 2.05) is 0 Å². The standard InChI is InChI=1S/C19H18N4O6/c1-29-16-8-6-14(7-9-16)22-11-13(10-17(22)24)19(26)21-20-18(25)12-2-4-15(5-3-12)23(27)28/h2-9,13H,10-11H2,1H3,(H,20,25)(H,21,26)/t13-/m0/s1. The van der Waals surface area contributed by atoms with Gasteiger partial charge in [-0.05, 0) is 36.4 Å². The van der Waals surface area contributed by atoms with Crippen LogP contribution in [0.4, 0.5) is 11.4 Å². The molecule has 150 valence electrons. The van der Waals surface area contributed by atoms with Crippen LogP contribution in [-0.4, -0.2) is 36.3 Å². The van der Waals surface area contributed by atoms with E-state index in [0.717, 1.165) is 0 Å². The van der Waals surface area contributed by atoms with Gasteiger partial charge in [-0.2, -0.15) is 0 Å². The lowest BCUT2D eigenvalue weighted by molar-refractivity contribution is -0.384. The summed E-state index contributed by atoms with van der Waals surface area (Å²) < 4.78 is 5.09. The number of benzene rings is 2. The number of carbonyl (C=O) groups excluding carboxylic acids is 3. The van der Waals surface area contributed by atoms with E-state index < -0.39 is 22.7 Å². The number of hydrogen-bond donors (Lipinski definition) is 2. The minimum Gasteiger partial charge on any atom is -0.497 e. The molecule has 1 heterocycles. The van der Waals surface area contributed by atoms with Gasteiger partial charge in [-0.25, -0.2) is 0 Å². The molecule has 1 aliphatic heterocycles. The van der Waals surface area contributed by atoms with E-state index in [-0.39, 0.29) is 30.1 Å². The summed E-state index contributed by atoms with van der Waals surface area (Å²) in [5, 5.41) is 10.6. The van der Waals surface area contributed by atoms with Crippen molar-refractivity contribution >= 4 is 29.1 Å². The van der Waals surface area contributed by atoms with Crippen molar-refractivity contribution in [1.29, 1.82) is 0 Å². The highest BCUT2D eigenvalue weighted by Gasteiger charge is 2.35. The van der Waals surface area contributed by atoms with Crippen LogP contribution >= 0.6 is 0 Å². The molecule has 0 saturated carbocycles. The number of rotatable bonds is 5. The molecule has 3 rings (SSSR count). The number of amides is 3. The third kappa shape index (κ3) is 4.49. The number of hydrogen-bond acceptors (Lipinski definition) is 6. The van der Waals surface area contributed by atoms with E-state index >= 15 is 0 Å². The molecule has 3 amide bonds. The normalized spacial score (nSPS) is 15.7. The third-order valence-electron chi connectivity index (χ3n) is 4.52. The third-order valence-corrected chi connectivity index (χ3v) is 4.52. The van der Waals surface area contributed by atoms with E-state index in [9.17, 15) is 24.5 Å². The summed E-state index contributed by atoms with van der Waals surface area (Å²) in [6, 6.07) is 11.9. The van der Waals surface area contributed by atoms with Gasteiger partial charge >= 0.3 is 0 Å². The van der Waals surface area contributed by atoms with E-state index in [2.05, 4.69) is 10.9 Å². The molecule has 2 aromatic rings. The first kappa shape index (κ1) is 19.8. The van der Waals surface area contributed by atoms with Gasteiger partial charge in [0.25, 0.3) is 11.6 Å². The van der Waals surface area contributed by atoms with Gasteiger partial charge in [-0.1, -0.05) is 0 Å². The first-order valence-electron chi connectivity index (χ1n) is 8.68. The number of anilines is 1. The molecular formula is C19H18N4O6. The molecular weight excluding hydrogens is 380 g/mol. The minimum atomic E-state index is -0.623. The summed E-state index contributed by atoms with van der Waals surface area (Å²) in [4.78, 5) is 48.2. The van der Waals surface area contributed by atoms with Gasteiger partial charge in [0.2, 0.25) is 11.8 Å². The highest BCUT2D eigenvalue weighted by Crippen LogP contribution is 2.26. The number of hydrazine groups is 1. The number of nitro groups is 1. The summed E-state index contributed by atoms with van der Waals surface area (Å²) in [7, 11) is 1.54. The van der Waals surface area contributed by atoms with E-state index in [0.29, 0.717) is 11.4 Å². The second-order valence-corrected chi connectivity index (χ2v) is 6.35. The number of nitro benzene ring substituents is 1. The van der Waals surface area contributed by atoms with E-state index in [1.165, 1.54) is 29.2 Å². The molecule has 2 aromatic carbocycles. The van der Waals surface area contributed by atoms with Crippen molar-refractivity contribution in [2.24, 2.45) is 5.92 Å². The van der Waals surface area contributed by atoms with Crippen LogP contribution < -0.4 is 20.5 Å². The Labute approximate surface area is 165 Å². The fourth-order valence-corrected chi connectivity index (χ4v) is 2.92. The van der Waals surface area contributed by atoms with Crippen LogP contribution in [0.15, 0.2) is 48.5 Å². The van der Waals surface area contributed by atoms with Gasteiger partial charge in [0.05, 0.1) is 18.0 Å². The second-order valence-electron chi connectivity index (χ2n) is 6.35. The fourth-order valence-electron chi connectivity index (χ4n) is 2.92. The number of methoxy groups -OCH3 is 1. The lowest BCUT2D eigenvalue weighted by atomic mass is 10.1. The maximum Gasteiger partial charge on any atom is 0.269 e. The van der Waals surface area contributed by atoms with Crippen LogP contribution in [0.5, 0.6) is 5.75 Å². The Morgan fingerprint density at radius 2 is 1.76 bits per heavy atom. The summed E-state index contributed by atoms with van der Waals surface area (Å²) >= 11 is 0. The zero-order valence-corrected chi connectivity index (χ0v) is 15.5. The topological polar surface area (TPSA) is 131 Å². The SMILES string of the molecule is COc1ccc(N2C[C@@H](C(=O)NNC(=O)c3ccc([N+](=O)[O-])cc3)CC2=O)cc1. The maximum atomic E-state index is 12.3. The molecule has 0 bridgehead atoms. The van der Waals surface area contributed by atoms with Crippen LogP contribution in [0.25, 0.3) is 0 Å². The molecule has 1 aliphatic rings. The molecule has 1 atom stereocenters. The molecule has 1 saturated heterocycles. The average Bonchev–Trinajstić information content (AvgIpc) is 3.13. The molecule has 1 fully saturated rings. The molecule has 0 aliphatic carbocycles. The summed E-state index contributed by atoms with van der Waals surface area (Å²) in [6.07, 6.45) is 0.0191. The quantitative estimate of drug-likeness (QED) is 0.578. The second kappa shape index (κ2) is 8.38. The van der Waals surface area contributed by atoms with Crippen molar-refractivity contribution in [2.75, 3.05) is 18.6 Å². The highest BCUT2D eigenvalue weighted by atomic mass is 16.6. The predicted molar refractivity (Wildman–Crippen MR) is 102 cm³/mol.